The third-order valence-electron chi connectivity index (χ3n) is 5.40. The van der Waals surface area contributed by atoms with Crippen LogP contribution in [0.25, 0.3) is 0 Å². The van der Waals surface area contributed by atoms with Crippen LogP contribution in [0.15, 0.2) is 60.3 Å². The number of ether oxygens (including phenoxy) is 1. The van der Waals surface area contributed by atoms with E-state index >= 15 is 0 Å². The summed E-state index contributed by atoms with van der Waals surface area (Å²) in [4.78, 5) is 26.7. The normalized spacial score (nSPS) is 16.4. The first-order valence-corrected chi connectivity index (χ1v) is 9.57. The Kier molecular flexibility index (Phi) is 5.41. The van der Waals surface area contributed by atoms with Gasteiger partial charge in [-0.25, -0.2) is 4.79 Å². The second-order valence-corrected chi connectivity index (χ2v) is 8.05. The van der Waals surface area contributed by atoms with Gasteiger partial charge in [0.25, 0.3) is 0 Å². The van der Waals surface area contributed by atoms with Gasteiger partial charge in [0.1, 0.15) is 0 Å². The van der Waals surface area contributed by atoms with Crippen LogP contribution >= 0.6 is 0 Å². The Balaban J connectivity index is 1.68. The maximum Gasteiger partial charge on any atom is 0.338 e. The molecule has 4 heteroatoms. The molecular weight excluding hydrogens is 350 g/mol. The molecule has 0 radical (unpaired) electrons. The van der Waals surface area contributed by atoms with Crippen LogP contribution in [0, 0.1) is 0 Å². The maximum atomic E-state index is 12.5. The average molecular weight is 377 g/mol. The number of hydrogen-bond donors (Lipinski definition) is 0. The number of nitrogens with zero attached hydrogens (tertiary/aromatic N) is 1. The summed E-state index contributed by atoms with van der Waals surface area (Å²) in [6, 6.07) is 15.4. The van der Waals surface area contributed by atoms with Crippen molar-refractivity contribution in [2.45, 2.75) is 39.0 Å². The summed E-state index contributed by atoms with van der Waals surface area (Å²) in [5.41, 5.74) is 4.50. The molecule has 0 fully saturated rings. The minimum atomic E-state index is -0.482. The highest BCUT2D eigenvalue weighted by atomic mass is 16.5. The van der Waals surface area contributed by atoms with Gasteiger partial charge in [0.2, 0.25) is 0 Å². The van der Waals surface area contributed by atoms with Gasteiger partial charge in [-0.2, -0.15) is 0 Å². The molecule has 0 saturated carbocycles. The van der Waals surface area contributed by atoms with Crippen molar-refractivity contribution in [3.8, 4) is 0 Å². The molecule has 2 aromatic carbocycles. The molecule has 0 aliphatic carbocycles. The lowest BCUT2D eigenvalue weighted by molar-refractivity contribution is -0.117. The molecule has 0 bridgehead atoms. The van der Waals surface area contributed by atoms with Crippen LogP contribution in [0.2, 0.25) is 0 Å². The molecule has 1 heterocycles. The van der Waals surface area contributed by atoms with E-state index in [0.717, 1.165) is 16.9 Å². The smallest absolute Gasteiger partial charge is 0.338 e. The Labute approximate surface area is 166 Å². The predicted octanol–water partition coefficient (Wildman–Crippen LogP) is 4.85. The van der Waals surface area contributed by atoms with E-state index in [1.54, 1.807) is 18.2 Å². The first-order chi connectivity index (χ1) is 13.2. The quantitative estimate of drug-likeness (QED) is 0.552. The van der Waals surface area contributed by atoms with Crippen LogP contribution in [0.4, 0.5) is 5.69 Å². The average Bonchev–Trinajstić information content (AvgIpc) is 2.87. The molecular formula is C24H27NO3. The second-order valence-electron chi connectivity index (χ2n) is 8.05. The number of likely N-dealkylation sites (N-methyl/N-ethyl adjacent to an activating group) is 1. The highest BCUT2D eigenvalue weighted by molar-refractivity contribution is 5.96. The van der Waals surface area contributed by atoms with Crippen LogP contribution in [-0.4, -0.2) is 25.4 Å². The highest BCUT2D eigenvalue weighted by Gasteiger charge is 2.38. The Bertz CT molecular complexity index is 923. The van der Waals surface area contributed by atoms with E-state index in [9.17, 15) is 9.59 Å². The summed E-state index contributed by atoms with van der Waals surface area (Å²) in [6.07, 6.45) is 1.59. The number of anilines is 1. The molecule has 4 nitrogen and oxygen atoms in total. The van der Waals surface area contributed by atoms with Gasteiger partial charge in [-0.05, 0) is 35.2 Å². The van der Waals surface area contributed by atoms with Gasteiger partial charge in [0.05, 0.1) is 5.56 Å². The van der Waals surface area contributed by atoms with E-state index in [4.69, 9.17) is 4.74 Å². The standard InChI is InChI=1S/C24H27NO3/c1-16(2)17-10-12-18(13-11-17)23(27)28-15-19(26)14-22-24(3,4)20-8-6-7-9-21(20)25(22)5/h6-14,16H,15H2,1-5H3. The van der Waals surface area contributed by atoms with Gasteiger partial charge >= 0.3 is 5.97 Å². The maximum absolute atomic E-state index is 12.5. The minimum Gasteiger partial charge on any atom is -0.454 e. The molecule has 0 unspecified atom stereocenters. The molecule has 0 saturated heterocycles. The molecule has 0 amide bonds. The van der Waals surface area contributed by atoms with Crippen molar-refractivity contribution in [3.05, 3.63) is 77.0 Å². The summed E-state index contributed by atoms with van der Waals surface area (Å²) >= 11 is 0. The first kappa shape index (κ1) is 19.9. The van der Waals surface area contributed by atoms with Crippen molar-refractivity contribution in [3.63, 3.8) is 0 Å². The Morgan fingerprint density at radius 3 is 2.32 bits per heavy atom. The molecule has 3 rings (SSSR count). The number of ketones is 1. The largest absolute Gasteiger partial charge is 0.454 e. The van der Waals surface area contributed by atoms with Gasteiger partial charge in [0, 0.05) is 29.9 Å². The van der Waals surface area contributed by atoms with Crippen LogP contribution < -0.4 is 4.90 Å². The molecule has 0 atom stereocenters. The second kappa shape index (κ2) is 7.63. The fourth-order valence-corrected chi connectivity index (χ4v) is 3.68. The lowest BCUT2D eigenvalue weighted by Crippen LogP contribution is -2.25. The van der Waals surface area contributed by atoms with Crippen LogP contribution in [0.1, 0.15) is 55.1 Å². The summed E-state index contributed by atoms with van der Waals surface area (Å²) in [5.74, 6) is -0.312. The SMILES string of the molecule is CC(C)c1ccc(C(=O)OCC(=O)C=C2N(C)c3ccccc3C2(C)C)cc1. The van der Waals surface area contributed by atoms with Gasteiger partial charge in [-0.15, -0.1) is 0 Å². The Morgan fingerprint density at radius 1 is 1.07 bits per heavy atom. The van der Waals surface area contributed by atoms with Crippen molar-refractivity contribution >= 4 is 17.4 Å². The fourth-order valence-electron chi connectivity index (χ4n) is 3.68. The molecule has 0 N–H and O–H groups in total. The fraction of sp³-hybridized carbons (Fsp3) is 0.333. The zero-order valence-corrected chi connectivity index (χ0v) is 17.2. The van der Waals surface area contributed by atoms with E-state index < -0.39 is 5.97 Å². The zero-order valence-electron chi connectivity index (χ0n) is 17.2. The number of benzene rings is 2. The van der Waals surface area contributed by atoms with Crippen molar-refractivity contribution in [1.82, 2.24) is 0 Å². The molecule has 146 valence electrons. The number of carbonyl (C=O) groups is 2. The van der Waals surface area contributed by atoms with E-state index in [2.05, 4.69) is 33.8 Å². The minimum absolute atomic E-state index is 0.227. The molecule has 1 aliphatic rings. The number of hydrogen-bond acceptors (Lipinski definition) is 4. The van der Waals surface area contributed by atoms with Crippen molar-refractivity contribution in [2.75, 3.05) is 18.6 Å². The third-order valence-corrected chi connectivity index (χ3v) is 5.40. The van der Waals surface area contributed by atoms with Crippen LogP contribution in [-0.2, 0) is 14.9 Å². The number of rotatable bonds is 5. The van der Waals surface area contributed by atoms with Crippen molar-refractivity contribution in [1.29, 1.82) is 0 Å². The number of fused-ring (bicyclic) bond motifs is 1. The monoisotopic (exact) mass is 377 g/mol. The number of esters is 1. The highest BCUT2D eigenvalue weighted by Crippen LogP contribution is 2.46. The number of para-hydroxylation sites is 1. The lowest BCUT2D eigenvalue weighted by Gasteiger charge is -2.23. The van der Waals surface area contributed by atoms with Crippen LogP contribution in [0.5, 0.6) is 0 Å². The summed E-state index contributed by atoms with van der Waals surface area (Å²) in [7, 11) is 1.95. The molecule has 0 aromatic heterocycles. The number of allylic oxidation sites excluding steroid dienone is 1. The topological polar surface area (TPSA) is 46.6 Å². The van der Waals surface area contributed by atoms with E-state index in [1.165, 1.54) is 5.56 Å². The molecule has 2 aromatic rings. The van der Waals surface area contributed by atoms with Gasteiger partial charge in [-0.3, -0.25) is 4.79 Å². The Morgan fingerprint density at radius 2 is 1.71 bits per heavy atom. The predicted molar refractivity (Wildman–Crippen MR) is 112 cm³/mol. The Hall–Kier alpha value is -2.88. The summed E-state index contributed by atoms with van der Waals surface area (Å²) < 4.78 is 5.23. The zero-order chi connectivity index (χ0) is 20.5. The lowest BCUT2D eigenvalue weighted by atomic mass is 9.83. The van der Waals surface area contributed by atoms with Crippen molar-refractivity contribution < 1.29 is 14.3 Å². The summed E-state index contributed by atoms with van der Waals surface area (Å²) in [5, 5.41) is 0. The van der Waals surface area contributed by atoms with Gasteiger partial charge < -0.3 is 9.64 Å². The van der Waals surface area contributed by atoms with E-state index in [-0.39, 0.29) is 17.8 Å². The van der Waals surface area contributed by atoms with Gasteiger partial charge in [-0.1, -0.05) is 58.0 Å². The molecule has 0 spiro atoms. The summed E-state index contributed by atoms with van der Waals surface area (Å²) in [6.45, 7) is 8.11. The molecule has 28 heavy (non-hydrogen) atoms. The first-order valence-electron chi connectivity index (χ1n) is 9.57. The van der Waals surface area contributed by atoms with E-state index in [1.807, 2.05) is 42.3 Å². The number of carbonyl (C=O) groups excluding carboxylic acids is 2. The van der Waals surface area contributed by atoms with E-state index in [0.29, 0.717) is 11.5 Å². The third kappa shape index (κ3) is 3.72. The van der Waals surface area contributed by atoms with Gasteiger partial charge in [0.15, 0.2) is 12.4 Å². The molecule has 1 aliphatic heterocycles. The van der Waals surface area contributed by atoms with Crippen LogP contribution in [0.3, 0.4) is 0 Å². The van der Waals surface area contributed by atoms with Crippen molar-refractivity contribution in [2.24, 2.45) is 0 Å².